The number of nitrogens with zero attached hydrogens (tertiary/aromatic N) is 1. The number of methoxy groups -OCH3 is 1. The third-order valence-electron chi connectivity index (χ3n) is 2.95. The van der Waals surface area contributed by atoms with Gasteiger partial charge < -0.3 is 4.74 Å². The molecular weight excluding hydrogens is 380 g/mol. The highest BCUT2D eigenvalue weighted by Crippen LogP contribution is 2.25. The topological polar surface area (TPSA) is 68.3 Å². The average Bonchev–Trinajstić information content (AvgIpc) is 2.86. The van der Waals surface area contributed by atoms with Gasteiger partial charge in [-0.1, -0.05) is 27.3 Å². The molecule has 5 nitrogen and oxygen atoms in total. The van der Waals surface area contributed by atoms with Crippen LogP contribution in [-0.2, 0) is 4.79 Å². The van der Waals surface area contributed by atoms with Crippen LogP contribution in [0, 0.1) is 6.92 Å². The number of Topliss-reactive ketones (excluding diaryl/α,β-unsaturated/α-hetero) is 1. The molecule has 0 spiro atoms. The molecule has 1 N–H and O–H groups in total. The SMILES string of the molecule is COc1ccc(Br)cc1/C=C/C(=O)Nc1nc(C)c(C(C)=O)s1. The molecule has 0 atom stereocenters. The Bertz CT molecular complexity index is 784. The number of ether oxygens (including phenoxy) is 1. The lowest BCUT2D eigenvalue weighted by molar-refractivity contribution is -0.111. The van der Waals surface area contributed by atoms with Crippen LogP contribution in [0.1, 0.15) is 27.9 Å². The van der Waals surface area contributed by atoms with Gasteiger partial charge in [0.1, 0.15) is 5.75 Å². The molecule has 7 heteroatoms. The van der Waals surface area contributed by atoms with Gasteiger partial charge in [0.2, 0.25) is 5.91 Å². The lowest BCUT2D eigenvalue weighted by atomic mass is 10.2. The highest BCUT2D eigenvalue weighted by molar-refractivity contribution is 9.10. The lowest BCUT2D eigenvalue weighted by Crippen LogP contribution is -2.07. The number of thiazole rings is 1. The van der Waals surface area contributed by atoms with Crippen LogP contribution in [0.25, 0.3) is 6.08 Å². The van der Waals surface area contributed by atoms with Crippen LogP contribution in [0.5, 0.6) is 5.75 Å². The van der Waals surface area contributed by atoms with Crippen LogP contribution in [0.15, 0.2) is 28.7 Å². The van der Waals surface area contributed by atoms with Gasteiger partial charge in [-0.2, -0.15) is 0 Å². The number of carbonyl (C=O) groups is 2. The number of nitrogens with one attached hydrogen (secondary N) is 1. The summed E-state index contributed by atoms with van der Waals surface area (Å²) < 4.78 is 6.13. The number of aromatic nitrogens is 1. The predicted octanol–water partition coefficient (Wildman–Crippen LogP) is 4.08. The second kappa shape index (κ2) is 7.52. The van der Waals surface area contributed by atoms with Crippen molar-refractivity contribution < 1.29 is 14.3 Å². The summed E-state index contributed by atoms with van der Waals surface area (Å²) in [5.74, 6) is 0.284. The number of anilines is 1. The third-order valence-corrected chi connectivity index (χ3v) is 4.62. The van der Waals surface area contributed by atoms with Gasteiger partial charge >= 0.3 is 0 Å². The minimum absolute atomic E-state index is 0.0603. The largest absolute Gasteiger partial charge is 0.496 e. The molecule has 1 heterocycles. The van der Waals surface area contributed by atoms with Gasteiger partial charge in [0.25, 0.3) is 0 Å². The van der Waals surface area contributed by atoms with Crippen molar-refractivity contribution in [3.05, 3.63) is 44.9 Å². The lowest BCUT2D eigenvalue weighted by Gasteiger charge is -2.04. The predicted molar refractivity (Wildman–Crippen MR) is 95.2 cm³/mol. The number of halogens is 1. The molecule has 2 rings (SSSR count). The van der Waals surface area contributed by atoms with Crippen molar-refractivity contribution in [3.63, 3.8) is 0 Å². The minimum Gasteiger partial charge on any atom is -0.496 e. The van der Waals surface area contributed by atoms with Crippen LogP contribution in [0.2, 0.25) is 0 Å². The van der Waals surface area contributed by atoms with Gasteiger partial charge in [0, 0.05) is 23.0 Å². The van der Waals surface area contributed by atoms with Gasteiger partial charge in [-0.05, 0) is 31.2 Å². The first kappa shape index (κ1) is 17.4. The van der Waals surface area contributed by atoms with E-state index < -0.39 is 0 Å². The van der Waals surface area contributed by atoms with Crippen LogP contribution >= 0.6 is 27.3 Å². The fourth-order valence-electron chi connectivity index (χ4n) is 1.92. The van der Waals surface area contributed by atoms with Crippen LogP contribution in [0.4, 0.5) is 5.13 Å². The summed E-state index contributed by atoms with van der Waals surface area (Å²) >= 11 is 4.55. The molecule has 120 valence electrons. The van der Waals surface area contributed by atoms with Gasteiger partial charge in [0.05, 0.1) is 17.7 Å². The fourth-order valence-corrected chi connectivity index (χ4v) is 3.17. The molecule has 0 aliphatic carbocycles. The maximum atomic E-state index is 12.0. The molecule has 0 fully saturated rings. The van der Waals surface area contributed by atoms with E-state index in [2.05, 4.69) is 26.2 Å². The van der Waals surface area contributed by atoms with Crippen molar-refractivity contribution in [2.45, 2.75) is 13.8 Å². The van der Waals surface area contributed by atoms with E-state index in [0.717, 1.165) is 10.0 Å². The van der Waals surface area contributed by atoms with Gasteiger partial charge in [0.15, 0.2) is 10.9 Å². The van der Waals surface area contributed by atoms with Crippen molar-refractivity contribution in [3.8, 4) is 5.75 Å². The van der Waals surface area contributed by atoms with E-state index in [4.69, 9.17) is 4.74 Å². The minimum atomic E-state index is -0.323. The molecular formula is C16H15BrN2O3S. The molecule has 23 heavy (non-hydrogen) atoms. The molecule has 0 saturated carbocycles. The standard InChI is InChI=1S/C16H15BrN2O3S/c1-9-15(10(2)20)23-16(18-9)19-14(21)7-4-11-8-12(17)5-6-13(11)22-3/h4-8H,1-3H3,(H,18,19,21)/b7-4+. The van der Waals surface area contributed by atoms with E-state index in [0.29, 0.717) is 21.5 Å². The summed E-state index contributed by atoms with van der Waals surface area (Å²) in [7, 11) is 1.57. The normalized spacial score (nSPS) is 10.8. The molecule has 0 aliphatic rings. The summed E-state index contributed by atoms with van der Waals surface area (Å²) in [5, 5.41) is 3.06. The zero-order chi connectivity index (χ0) is 17.0. The third kappa shape index (κ3) is 4.49. The highest BCUT2D eigenvalue weighted by atomic mass is 79.9. The maximum absolute atomic E-state index is 12.0. The number of benzene rings is 1. The van der Waals surface area contributed by atoms with Crippen molar-refractivity contribution in [2.24, 2.45) is 0 Å². The summed E-state index contributed by atoms with van der Waals surface area (Å²) in [6.45, 7) is 3.22. The van der Waals surface area contributed by atoms with Gasteiger partial charge in [-0.3, -0.25) is 14.9 Å². The van der Waals surface area contributed by atoms with E-state index in [9.17, 15) is 9.59 Å². The summed E-state index contributed by atoms with van der Waals surface area (Å²) in [6.07, 6.45) is 3.06. The van der Waals surface area contributed by atoms with Crippen molar-refractivity contribution in [2.75, 3.05) is 12.4 Å². The number of hydrogen-bond donors (Lipinski definition) is 1. The van der Waals surface area contributed by atoms with Gasteiger partial charge in [-0.15, -0.1) is 0 Å². The second-order valence-electron chi connectivity index (χ2n) is 4.70. The first-order valence-electron chi connectivity index (χ1n) is 6.71. The van der Waals surface area contributed by atoms with E-state index >= 15 is 0 Å². The number of rotatable bonds is 5. The highest BCUT2D eigenvalue weighted by Gasteiger charge is 2.12. The van der Waals surface area contributed by atoms with Crippen molar-refractivity contribution in [1.82, 2.24) is 4.98 Å². The summed E-state index contributed by atoms with van der Waals surface area (Å²) in [6, 6.07) is 5.52. The van der Waals surface area contributed by atoms with E-state index in [1.165, 1.54) is 24.3 Å². The zero-order valence-corrected chi connectivity index (χ0v) is 15.2. The van der Waals surface area contributed by atoms with Gasteiger partial charge in [-0.25, -0.2) is 4.98 Å². The van der Waals surface area contributed by atoms with E-state index in [1.807, 2.05) is 18.2 Å². The molecule has 0 aliphatic heterocycles. The Morgan fingerprint density at radius 1 is 1.39 bits per heavy atom. The molecule has 0 bridgehead atoms. The monoisotopic (exact) mass is 394 g/mol. The van der Waals surface area contributed by atoms with Crippen LogP contribution < -0.4 is 10.1 Å². The molecule has 1 aromatic carbocycles. The average molecular weight is 395 g/mol. The Labute approximate surface area is 146 Å². The number of amides is 1. The van der Waals surface area contributed by atoms with Crippen LogP contribution in [-0.4, -0.2) is 23.8 Å². The fraction of sp³-hybridized carbons (Fsp3) is 0.188. The Morgan fingerprint density at radius 2 is 2.13 bits per heavy atom. The Hall–Kier alpha value is -1.99. The molecule has 0 saturated heterocycles. The van der Waals surface area contributed by atoms with Crippen LogP contribution in [0.3, 0.4) is 0 Å². The first-order chi connectivity index (χ1) is 10.9. The Morgan fingerprint density at radius 3 is 2.74 bits per heavy atom. The zero-order valence-electron chi connectivity index (χ0n) is 12.8. The van der Waals surface area contributed by atoms with E-state index in [-0.39, 0.29) is 11.7 Å². The number of aryl methyl sites for hydroxylation is 1. The number of hydrogen-bond acceptors (Lipinski definition) is 5. The summed E-state index contributed by atoms with van der Waals surface area (Å²) in [4.78, 5) is 28.1. The van der Waals surface area contributed by atoms with E-state index in [1.54, 1.807) is 20.1 Å². The van der Waals surface area contributed by atoms with Crippen molar-refractivity contribution >= 4 is 50.2 Å². The number of carbonyl (C=O) groups excluding carboxylic acids is 2. The first-order valence-corrected chi connectivity index (χ1v) is 8.32. The molecule has 1 aromatic heterocycles. The second-order valence-corrected chi connectivity index (χ2v) is 6.61. The molecule has 2 aromatic rings. The quantitative estimate of drug-likeness (QED) is 0.612. The Kier molecular flexibility index (Phi) is 5.68. The maximum Gasteiger partial charge on any atom is 0.250 e. The Balaban J connectivity index is 2.12. The smallest absolute Gasteiger partial charge is 0.250 e. The molecule has 0 unspecified atom stereocenters. The molecule has 1 amide bonds. The number of ketones is 1. The van der Waals surface area contributed by atoms with Crippen molar-refractivity contribution in [1.29, 1.82) is 0 Å². The molecule has 0 radical (unpaired) electrons. The summed E-state index contributed by atoms with van der Waals surface area (Å²) in [5.41, 5.74) is 1.40.